The minimum atomic E-state index is -0.584. The summed E-state index contributed by atoms with van der Waals surface area (Å²) in [6.07, 6.45) is -0.584. The van der Waals surface area contributed by atoms with Gasteiger partial charge in [0, 0.05) is 5.69 Å². The normalized spacial score (nSPS) is 11.5. The Balaban J connectivity index is 2.75. The van der Waals surface area contributed by atoms with Crippen molar-refractivity contribution in [3.8, 4) is 0 Å². The Labute approximate surface area is 107 Å². The third kappa shape index (κ3) is 4.35. The first kappa shape index (κ1) is 14.5. The van der Waals surface area contributed by atoms with Crippen LogP contribution >= 0.6 is 0 Å². The standard InChI is InChI=1S/C14H20FNO2/c1-9(2)11-7-6-10(8-12(11)15)16-13(17)18-14(3,4)5/h6-9H,1-5H3,(H,16,17). The molecule has 0 fully saturated rings. The van der Waals surface area contributed by atoms with Gasteiger partial charge in [-0.25, -0.2) is 9.18 Å². The molecule has 1 rings (SSSR count). The Hall–Kier alpha value is -1.58. The number of carbonyl (C=O) groups excluding carboxylic acids is 1. The molecule has 0 aromatic heterocycles. The number of anilines is 1. The van der Waals surface area contributed by atoms with Gasteiger partial charge >= 0.3 is 6.09 Å². The van der Waals surface area contributed by atoms with E-state index in [1.54, 1.807) is 32.9 Å². The molecule has 0 aliphatic carbocycles. The highest BCUT2D eigenvalue weighted by atomic mass is 19.1. The minimum Gasteiger partial charge on any atom is -0.444 e. The Morgan fingerprint density at radius 3 is 2.39 bits per heavy atom. The molecule has 0 aliphatic rings. The number of halogens is 1. The Kier molecular flexibility index (Phi) is 4.33. The van der Waals surface area contributed by atoms with E-state index in [9.17, 15) is 9.18 Å². The summed E-state index contributed by atoms with van der Waals surface area (Å²) in [5.41, 5.74) is 0.455. The maximum atomic E-state index is 13.7. The van der Waals surface area contributed by atoms with Crippen molar-refractivity contribution in [1.82, 2.24) is 0 Å². The predicted octanol–water partition coefficient (Wildman–Crippen LogP) is 4.30. The molecule has 4 heteroatoms. The summed E-state index contributed by atoms with van der Waals surface area (Å²) >= 11 is 0. The van der Waals surface area contributed by atoms with Gasteiger partial charge in [-0.05, 0) is 44.4 Å². The highest BCUT2D eigenvalue weighted by Gasteiger charge is 2.16. The van der Waals surface area contributed by atoms with Gasteiger partial charge in [-0.1, -0.05) is 19.9 Å². The zero-order valence-corrected chi connectivity index (χ0v) is 11.5. The molecule has 0 aliphatic heterocycles. The van der Waals surface area contributed by atoms with Crippen LogP contribution in [0, 0.1) is 5.82 Å². The van der Waals surface area contributed by atoms with Crippen LogP contribution in [0.4, 0.5) is 14.9 Å². The summed E-state index contributed by atoms with van der Waals surface area (Å²) in [5, 5.41) is 2.50. The highest BCUT2D eigenvalue weighted by Crippen LogP contribution is 2.22. The third-order valence-electron chi connectivity index (χ3n) is 2.27. The Bertz CT molecular complexity index is 436. The molecule has 1 aromatic rings. The number of nitrogens with one attached hydrogen (secondary N) is 1. The lowest BCUT2D eigenvalue weighted by Gasteiger charge is -2.19. The fourth-order valence-electron chi connectivity index (χ4n) is 1.49. The van der Waals surface area contributed by atoms with Crippen LogP contribution in [0.25, 0.3) is 0 Å². The van der Waals surface area contributed by atoms with Crippen molar-refractivity contribution < 1.29 is 13.9 Å². The van der Waals surface area contributed by atoms with Gasteiger partial charge in [-0.2, -0.15) is 0 Å². The van der Waals surface area contributed by atoms with E-state index in [2.05, 4.69) is 5.32 Å². The van der Waals surface area contributed by atoms with Crippen molar-refractivity contribution in [2.45, 2.75) is 46.1 Å². The van der Waals surface area contributed by atoms with Crippen LogP contribution in [0.3, 0.4) is 0 Å². The van der Waals surface area contributed by atoms with E-state index in [1.807, 2.05) is 13.8 Å². The predicted molar refractivity (Wildman–Crippen MR) is 70.3 cm³/mol. The second-order valence-electron chi connectivity index (χ2n) is 5.52. The first-order valence-electron chi connectivity index (χ1n) is 5.98. The van der Waals surface area contributed by atoms with E-state index in [4.69, 9.17) is 4.74 Å². The lowest BCUT2D eigenvalue weighted by molar-refractivity contribution is 0.0636. The van der Waals surface area contributed by atoms with Crippen LogP contribution in [0.1, 0.15) is 46.1 Å². The maximum Gasteiger partial charge on any atom is 0.412 e. The molecule has 1 aromatic carbocycles. The Morgan fingerprint density at radius 2 is 1.94 bits per heavy atom. The molecule has 3 nitrogen and oxygen atoms in total. The zero-order valence-electron chi connectivity index (χ0n) is 11.5. The molecule has 100 valence electrons. The Morgan fingerprint density at radius 1 is 1.33 bits per heavy atom. The molecular weight excluding hydrogens is 233 g/mol. The fraction of sp³-hybridized carbons (Fsp3) is 0.500. The summed E-state index contributed by atoms with van der Waals surface area (Å²) in [6, 6.07) is 4.65. The number of rotatable bonds is 2. The molecular formula is C14H20FNO2. The number of ether oxygens (including phenoxy) is 1. The van der Waals surface area contributed by atoms with Crippen LogP contribution in [0.15, 0.2) is 18.2 Å². The van der Waals surface area contributed by atoms with Crippen LogP contribution in [0.2, 0.25) is 0 Å². The number of hydrogen-bond donors (Lipinski definition) is 1. The van der Waals surface area contributed by atoms with Gasteiger partial charge in [0.05, 0.1) is 0 Å². The number of benzene rings is 1. The molecule has 18 heavy (non-hydrogen) atoms. The van der Waals surface area contributed by atoms with Crippen molar-refractivity contribution in [3.05, 3.63) is 29.6 Å². The van der Waals surface area contributed by atoms with Crippen LogP contribution in [-0.2, 0) is 4.74 Å². The topological polar surface area (TPSA) is 38.3 Å². The number of amides is 1. The second-order valence-corrected chi connectivity index (χ2v) is 5.52. The quantitative estimate of drug-likeness (QED) is 0.853. The second kappa shape index (κ2) is 5.38. The van der Waals surface area contributed by atoms with Gasteiger partial charge in [-0.15, -0.1) is 0 Å². The molecule has 0 unspecified atom stereocenters. The van der Waals surface area contributed by atoms with Crippen molar-refractivity contribution in [2.75, 3.05) is 5.32 Å². The largest absolute Gasteiger partial charge is 0.444 e. The maximum absolute atomic E-state index is 13.7. The van der Waals surface area contributed by atoms with E-state index < -0.39 is 11.7 Å². The lowest BCUT2D eigenvalue weighted by atomic mass is 10.0. The molecule has 1 amide bonds. The van der Waals surface area contributed by atoms with Crippen LogP contribution in [0.5, 0.6) is 0 Å². The lowest BCUT2D eigenvalue weighted by Crippen LogP contribution is -2.27. The van der Waals surface area contributed by atoms with Crippen molar-refractivity contribution >= 4 is 11.8 Å². The van der Waals surface area contributed by atoms with Crippen molar-refractivity contribution in [1.29, 1.82) is 0 Å². The molecule has 0 spiro atoms. The number of carbonyl (C=O) groups is 1. The molecule has 0 radical (unpaired) electrons. The van der Waals surface area contributed by atoms with Gasteiger partial charge < -0.3 is 4.74 Å². The summed E-state index contributed by atoms with van der Waals surface area (Å²) < 4.78 is 18.8. The van der Waals surface area contributed by atoms with Crippen LogP contribution < -0.4 is 5.32 Å². The molecule has 0 heterocycles. The smallest absolute Gasteiger partial charge is 0.412 e. The summed E-state index contributed by atoms with van der Waals surface area (Å²) in [6.45, 7) is 9.15. The van der Waals surface area contributed by atoms with E-state index in [0.717, 1.165) is 0 Å². The highest BCUT2D eigenvalue weighted by molar-refractivity contribution is 5.84. The first-order chi connectivity index (χ1) is 8.19. The van der Waals surface area contributed by atoms with Crippen LogP contribution in [-0.4, -0.2) is 11.7 Å². The monoisotopic (exact) mass is 253 g/mol. The summed E-state index contributed by atoms with van der Waals surface area (Å²) in [4.78, 5) is 11.5. The average Bonchev–Trinajstić information content (AvgIpc) is 2.13. The zero-order chi connectivity index (χ0) is 13.9. The van der Waals surface area contributed by atoms with Gasteiger partial charge in [0.15, 0.2) is 0 Å². The summed E-state index contributed by atoms with van der Waals surface area (Å²) in [7, 11) is 0. The van der Waals surface area contributed by atoms with Gasteiger partial charge in [0.1, 0.15) is 11.4 Å². The molecule has 0 atom stereocenters. The minimum absolute atomic E-state index is 0.112. The first-order valence-corrected chi connectivity index (χ1v) is 5.98. The molecule has 1 N–H and O–H groups in total. The number of hydrogen-bond acceptors (Lipinski definition) is 2. The average molecular weight is 253 g/mol. The molecule has 0 bridgehead atoms. The SMILES string of the molecule is CC(C)c1ccc(NC(=O)OC(C)(C)C)cc1F. The van der Waals surface area contributed by atoms with E-state index in [1.165, 1.54) is 6.07 Å². The van der Waals surface area contributed by atoms with E-state index >= 15 is 0 Å². The van der Waals surface area contributed by atoms with Gasteiger partial charge in [-0.3, -0.25) is 5.32 Å². The summed E-state index contributed by atoms with van der Waals surface area (Å²) in [5.74, 6) is -0.209. The fourth-order valence-corrected chi connectivity index (χ4v) is 1.49. The van der Waals surface area contributed by atoms with Crippen molar-refractivity contribution in [3.63, 3.8) is 0 Å². The molecule has 0 saturated heterocycles. The van der Waals surface area contributed by atoms with E-state index in [0.29, 0.717) is 11.3 Å². The third-order valence-corrected chi connectivity index (χ3v) is 2.27. The van der Waals surface area contributed by atoms with Gasteiger partial charge in [0.25, 0.3) is 0 Å². The van der Waals surface area contributed by atoms with Gasteiger partial charge in [0.2, 0.25) is 0 Å². The molecule has 0 saturated carbocycles. The van der Waals surface area contributed by atoms with E-state index in [-0.39, 0.29) is 11.7 Å². The van der Waals surface area contributed by atoms with Crippen molar-refractivity contribution in [2.24, 2.45) is 0 Å².